The number of nitrogens with zero attached hydrogens (tertiary/aromatic N) is 5. The molecule has 0 saturated carbocycles. The number of ether oxygens (including phenoxy) is 3. The third-order valence-electron chi connectivity index (χ3n) is 4.45. The van der Waals surface area contributed by atoms with Gasteiger partial charge in [0.2, 0.25) is 5.88 Å². The van der Waals surface area contributed by atoms with Gasteiger partial charge in [-0.2, -0.15) is 0 Å². The van der Waals surface area contributed by atoms with E-state index in [1.54, 1.807) is 24.9 Å². The zero-order valence-corrected chi connectivity index (χ0v) is 19.4. The number of imidazole rings is 1. The van der Waals surface area contributed by atoms with Gasteiger partial charge in [0, 0.05) is 6.07 Å². The molecule has 0 spiro atoms. The Balaban J connectivity index is 2.04. The van der Waals surface area contributed by atoms with Crippen LogP contribution in [0.25, 0.3) is 28.5 Å². The molecule has 1 aromatic carbocycles. The number of rotatable bonds is 7. The summed E-state index contributed by atoms with van der Waals surface area (Å²) in [5, 5.41) is 0.212. The number of benzene rings is 1. The standard InChI is InChI=1S/C21H19BrClN5O3/c1-4-11-31-15-10-5-7-12(24-15)20-27-19-21(25-17(22)18(23)26-19)28(20)16-13(29-2)8-6-9-14(16)30-3/h5-10H,4,11H2,1-3H3. The Kier molecular flexibility index (Phi) is 6.24. The average Bonchev–Trinajstić information content (AvgIpc) is 3.15. The first kappa shape index (κ1) is 21.3. The van der Waals surface area contributed by atoms with Gasteiger partial charge in [0.25, 0.3) is 0 Å². The molecule has 0 aliphatic rings. The van der Waals surface area contributed by atoms with Gasteiger partial charge in [-0.25, -0.2) is 19.9 Å². The van der Waals surface area contributed by atoms with Crippen molar-refractivity contribution >= 4 is 38.8 Å². The Bertz CT molecular complexity index is 1230. The van der Waals surface area contributed by atoms with Crippen molar-refractivity contribution in [1.29, 1.82) is 0 Å². The summed E-state index contributed by atoms with van der Waals surface area (Å²) in [5.41, 5.74) is 2.03. The highest BCUT2D eigenvalue weighted by Gasteiger charge is 2.24. The van der Waals surface area contributed by atoms with Crippen LogP contribution in [0.2, 0.25) is 5.15 Å². The van der Waals surface area contributed by atoms with Gasteiger partial charge in [0.1, 0.15) is 27.5 Å². The number of methoxy groups -OCH3 is 2. The van der Waals surface area contributed by atoms with Crippen molar-refractivity contribution in [2.24, 2.45) is 0 Å². The number of pyridine rings is 1. The highest BCUT2D eigenvalue weighted by Crippen LogP contribution is 2.38. The first-order chi connectivity index (χ1) is 15.1. The summed E-state index contributed by atoms with van der Waals surface area (Å²) < 4.78 is 19.2. The molecular formula is C21H19BrClN5O3. The molecule has 8 nitrogen and oxygen atoms in total. The van der Waals surface area contributed by atoms with E-state index in [0.717, 1.165) is 6.42 Å². The monoisotopic (exact) mass is 503 g/mol. The maximum Gasteiger partial charge on any atom is 0.213 e. The van der Waals surface area contributed by atoms with E-state index in [0.29, 0.717) is 57.1 Å². The first-order valence-corrected chi connectivity index (χ1v) is 10.7. The summed E-state index contributed by atoms with van der Waals surface area (Å²) in [6, 6.07) is 11.0. The SMILES string of the molecule is CCCOc1cccc(-c2nc3nc(Cl)c(Br)nc3n2-c2c(OC)cccc2OC)n1. The Morgan fingerprint density at radius 3 is 2.35 bits per heavy atom. The minimum atomic E-state index is 0.212. The van der Waals surface area contributed by atoms with Crippen molar-refractivity contribution < 1.29 is 14.2 Å². The fourth-order valence-corrected chi connectivity index (χ4v) is 3.49. The Morgan fingerprint density at radius 1 is 0.968 bits per heavy atom. The molecule has 0 fully saturated rings. The lowest BCUT2D eigenvalue weighted by molar-refractivity contribution is 0.305. The van der Waals surface area contributed by atoms with Gasteiger partial charge in [-0.3, -0.25) is 4.57 Å². The third-order valence-corrected chi connectivity index (χ3v) is 5.49. The average molecular weight is 505 g/mol. The van der Waals surface area contributed by atoms with Crippen LogP contribution in [0.1, 0.15) is 13.3 Å². The van der Waals surface area contributed by atoms with Crippen molar-refractivity contribution in [2.75, 3.05) is 20.8 Å². The van der Waals surface area contributed by atoms with Crippen molar-refractivity contribution in [3.8, 4) is 34.6 Å². The maximum absolute atomic E-state index is 6.19. The smallest absolute Gasteiger partial charge is 0.213 e. The molecule has 160 valence electrons. The molecule has 0 radical (unpaired) electrons. The van der Waals surface area contributed by atoms with E-state index >= 15 is 0 Å². The molecule has 3 heterocycles. The van der Waals surface area contributed by atoms with Crippen LogP contribution in [0.15, 0.2) is 41.0 Å². The summed E-state index contributed by atoms with van der Waals surface area (Å²) in [7, 11) is 3.18. The molecule has 0 saturated heterocycles. The van der Waals surface area contributed by atoms with Gasteiger partial charge >= 0.3 is 0 Å². The molecule has 0 unspecified atom stereocenters. The molecule has 0 N–H and O–H groups in total. The number of aromatic nitrogens is 5. The lowest BCUT2D eigenvalue weighted by Gasteiger charge is -2.16. The topological polar surface area (TPSA) is 84.2 Å². The zero-order valence-electron chi connectivity index (χ0n) is 17.1. The highest BCUT2D eigenvalue weighted by atomic mass is 79.9. The quantitative estimate of drug-likeness (QED) is 0.346. The second-order valence-corrected chi connectivity index (χ2v) is 7.55. The molecule has 4 rings (SSSR count). The molecule has 0 amide bonds. The number of halogens is 2. The number of para-hydroxylation sites is 1. The minimum absolute atomic E-state index is 0.212. The second-order valence-electron chi connectivity index (χ2n) is 6.44. The summed E-state index contributed by atoms with van der Waals surface area (Å²) in [5.74, 6) is 2.15. The predicted molar refractivity (Wildman–Crippen MR) is 121 cm³/mol. The van der Waals surface area contributed by atoms with Crippen LogP contribution >= 0.6 is 27.5 Å². The van der Waals surface area contributed by atoms with E-state index < -0.39 is 0 Å². The normalized spacial score (nSPS) is 11.0. The maximum atomic E-state index is 6.19. The van der Waals surface area contributed by atoms with Crippen LogP contribution in [-0.2, 0) is 0 Å². The van der Waals surface area contributed by atoms with E-state index in [4.69, 9.17) is 25.8 Å². The summed E-state index contributed by atoms with van der Waals surface area (Å²) >= 11 is 9.54. The molecule has 0 bridgehead atoms. The largest absolute Gasteiger partial charge is 0.494 e. The molecule has 0 atom stereocenters. The van der Waals surface area contributed by atoms with Gasteiger partial charge < -0.3 is 14.2 Å². The molecule has 10 heteroatoms. The number of fused-ring (bicyclic) bond motifs is 1. The second kappa shape index (κ2) is 9.07. The summed E-state index contributed by atoms with van der Waals surface area (Å²) in [6.45, 7) is 2.61. The fourth-order valence-electron chi connectivity index (χ4n) is 3.12. The summed E-state index contributed by atoms with van der Waals surface area (Å²) in [6.07, 6.45) is 0.878. The van der Waals surface area contributed by atoms with Crippen molar-refractivity contribution in [2.45, 2.75) is 13.3 Å². The van der Waals surface area contributed by atoms with Gasteiger partial charge in [-0.15, -0.1) is 0 Å². The Morgan fingerprint density at radius 2 is 1.68 bits per heavy atom. The van der Waals surface area contributed by atoms with Crippen LogP contribution < -0.4 is 14.2 Å². The van der Waals surface area contributed by atoms with Crippen molar-refractivity contribution in [1.82, 2.24) is 24.5 Å². The van der Waals surface area contributed by atoms with Gasteiger partial charge in [-0.05, 0) is 40.5 Å². The number of hydrogen-bond acceptors (Lipinski definition) is 7. The van der Waals surface area contributed by atoms with E-state index in [-0.39, 0.29) is 5.15 Å². The van der Waals surface area contributed by atoms with E-state index in [2.05, 4.69) is 35.9 Å². The van der Waals surface area contributed by atoms with Gasteiger partial charge in [-0.1, -0.05) is 30.7 Å². The fraction of sp³-hybridized carbons (Fsp3) is 0.238. The van der Waals surface area contributed by atoms with Crippen LogP contribution in [0.4, 0.5) is 0 Å². The molecule has 0 aliphatic heterocycles. The van der Waals surface area contributed by atoms with Crippen LogP contribution in [0.3, 0.4) is 0 Å². The molecule has 4 aromatic rings. The summed E-state index contributed by atoms with van der Waals surface area (Å²) in [4.78, 5) is 18.3. The lowest BCUT2D eigenvalue weighted by Crippen LogP contribution is -2.05. The highest BCUT2D eigenvalue weighted by molar-refractivity contribution is 9.10. The van der Waals surface area contributed by atoms with Crippen LogP contribution in [0.5, 0.6) is 17.4 Å². The number of hydrogen-bond donors (Lipinski definition) is 0. The van der Waals surface area contributed by atoms with Crippen molar-refractivity contribution in [3.05, 3.63) is 46.2 Å². The Labute approximate surface area is 192 Å². The van der Waals surface area contributed by atoms with Gasteiger partial charge in [0.05, 0.1) is 20.8 Å². The minimum Gasteiger partial charge on any atom is -0.494 e. The van der Waals surface area contributed by atoms with E-state index in [9.17, 15) is 0 Å². The van der Waals surface area contributed by atoms with Crippen LogP contribution in [-0.4, -0.2) is 45.3 Å². The van der Waals surface area contributed by atoms with Gasteiger partial charge in [0.15, 0.2) is 22.3 Å². The molecule has 31 heavy (non-hydrogen) atoms. The van der Waals surface area contributed by atoms with E-state index in [1.165, 1.54) is 0 Å². The zero-order chi connectivity index (χ0) is 22.0. The van der Waals surface area contributed by atoms with E-state index in [1.807, 2.05) is 37.3 Å². The van der Waals surface area contributed by atoms with Crippen molar-refractivity contribution in [3.63, 3.8) is 0 Å². The lowest BCUT2D eigenvalue weighted by atomic mass is 10.2. The first-order valence-electron chi connectivity index (χ1n) is 9.50. The molecule has 0 aliphatic carbocycles. The molecular weight excluding hydrogens is 486 g/mol. The predicted octanol–water partition coefficient (Wildman–Crippen LogP) is 5.10. The van der Waals surface area contributed by atoms with Crippen LogP contribution in [0, 0.1) is 0 Å². The molecule has 3 aromatic heterocycles. The Hall–Kier alpha value is -2.91. The third kappa shape index (κ3) is 4.03.